The lowest BCUT2D eigenvalue weighted by atomic mass is 9.94. The first kappa shape index (κ1) is 14.4. The summed E-state index contributed by atoms with van der Waals surface area (Å²) in [4.78, 5) is 11.9. The highest BCUT2D eigenvalue weighted by atomic mass is 79.9. The van der Waals surface area contributed by atoms with Crippen LogP contribution in [0.4, 0.5) is 4.39 Å². The molecule has 0 aliphatic carbocycles. The molecule has 1 aliphatic rings. The zero-order chi connectivity index (χ0) is 13.9. The van der Waals surface area contributed by atoms with Gasteiger partial charge in [-0.05, 0) is 34.1 Å². The van der Waals surface area contributed by atoms with Crippen molar-refractivity contribution in [2.45, 2.75) is 18.4 Å². The second kappa shape index (κ2) is 5.98. The van der Waals surface area contributed by atoms with Gasteiger partial charge in [-0.3, -0.25) is 4.79 Å². The molecule has 1 saturated heterocycles. The van der Waals surface area contributed by atoms with Gasteiger partial charge < -0.3 is 15.2 Å². The van der Waals surface area contributed by atoms with Crippen molar-refractivity contribution < 1.29 is 19.0 Å². The van der Waals surface area contributed by atoms with Crippen LogP contribution in [-0.4, -0.2) is 36.4 Å². The van der Waals surface area contributed by atoms with Crippen LogP contribution in [0.5, 0.6) is 0 Å². The van der Waals surface area contributed by atoms with Crippen molar-refractivity contribution in [3.8, 4) is 0 Å². The molecule has 0 bridgehead atoms. The van der Waals surface area contributed by atoms with E-state index in [1.54, 1.807) is 0 Å². The number of halogens is 2. The molecule has 1 heterocycles. The van der Waals surface area contributed by atoms with Gasteiger partial charge in [-0.1, -0.05) is 0 Å². The van der Waals surface area contributed by atoms with Crippen molar-refractivity contribution in [1.82, 2.24) is 5.32 Å². The summed E-state index contributed by atoms with van der Waals surface area (Å²) in [6, 6.07) is 4.16. The van der Waals surface area contributed by atoms with Crippen molar-refractivity contribution in [2.24, 2.45) is 0 Å². The SMILES string of the molecule is O=C(NCC1(O)CCOCC1)c1ccc(Br)c(F)c1. The van der Waals surface area contributed by atoms with E-state index in [4.69, 9.17) is 4.74 Å². The van der Waals surface area contributed by atoms with Gasteiger partial charge in [-0.15, -0.1) is 0 Å². The van der Waals surface area contributed by atoms with E-state index in [9.17, 15) is 14.3 Å². The quantitative estimate of drug-likeness (QED) is 0.888. The minimum Gasteiger partial charge on any atom is -0.388 e. The first-order valence-electron chi connectivity index (χ1n) is 6.04. The van der Waals surface area contributed by atoms with Gasteiger partial charge in [0.05, 0.1) is 10.1 Å². The number of ether oxygens (including phenoxy) is 1. The molecule has 0 spiro atoms. The summed E-state index contributed by atoms with van der Waals surface area (Å²) in [5.41, 5.74) is -0.696. The monoisotopic (exact) mass is 331 g/mol. The Balaban J connectivity index is 1.95. The van der Waals surface area contributed by atoms with Crippen molar-refractivity contribution >= 4 is 21.8 Å². The molecule has 4 nitrogen and oxygen atoms in total. The van der Waals surface area contributed by atoms with E-state index in [-0.39, 0.29) is 12.1 Å². The fourth-order valence-electron chi connectivity index (χ4n) is 1.91. The Morgan fingerprint density at radius 3 is 2.79 bits per heavy atom. The van der Waals surface area contributed by atoms with Crippen molar-refractivity contribution in [3.05, 3.63) is 34.1 Å². The van der Waals surface area contributed by atoms with Crippen LogP contribution in [-0.2, 0) is 4.74 Å². The molecule has 0 atom stereocenters. The van der Waals surface area contributed by atoms with Gasteiger partial charge in [0.15, 0.2) is 0 Å². The van der Waals surface area contributed by atoms with Gasteiger partial charge in [-0.2, -0.15) is 0 Å². The van der Waals surface area contributed by atoms with Crippen molar-refractivity contribution in [3.63, 3.8) is 0 Å². The number of nitrogens with one attached hydrogen (secondary N) is 1. The van der Waals surface area contributed by atoms with Crippen LogP contribution in [0.25, 0.3) is 0 Å². The highest BCUT2D eigenvalue weighted by molar-refractivity contribution is 9.10. The highest BCUT2D eigenvalue weighted by Gasteiger charge is 2.30. The molecular formula is C13H15BrFNO3. The van der Waals surface area contributed by atoms with E-state index in [1.807, 2.05) is 0 Å². The number of carbonyl (C=O) groups excluding carboxylic acids is 1. The fraction of sp³-hybridized carbons (Fsp3) is 0.462. The van der Waals surface area contributed by atoms with Gasteiger partial charge in [0, 0.05) is 38.2 Å². The Bertz CT molecular complexity index is 475. The van der Waals surface area contributed by atoms with Crippen LogP contribution in [0, 0.1) is 5.82 Å². The minimum atomic E-state index is -0.929. The van der Waals surface area contributed by atoms with Crippen LogP contribution in [0.3, 0.4) is 0 Å². The van der Waals surface area contributed by atoms with E-state index >= 15 is 0 Å². The Kier molecular flexibility index (Phi) is 4.54. The second-order valence-electron chi connectivity index (χ2n) is 4.65. The number of benzene rings is 1. The lowest BCUT2D eigenvalue weighted by Gasteiger charge is -2.32. The van der Waals surface area contributed by atoms with Gasteiger partial charge in [-0.25, -0.2) is 4.39 Å². The number of hydrogen-bond donors (Lipinski definition) is 2. The zero-order valence-corrected chi connectivity index (χ0v) is 11.9. The molecule has 1 aromatic carbocycles. The van der Waals surface area contributed by atoms with E-state index in [0.29, 0.717) is 30.5 Å². The average Bonchev–Trinajstić information content (AvgIpc) is 2.40. The molecule has 19 heavy (non-hydrogen) atoms. The summed E-state index contributed by atoms with van der Waals surface area (Å²) < 4.78 is 18.8. The topological polar surface area (TPSA) is 58.6 Å². The Labute approximate surface area is 119 Å². The summed E-state index contributed by atoms with van der Waals surface area (Å²) >= 11 is 3.03. The first-order chi connectivity index (χ1) is 9.00. The van der Waals surface area contributed by atoms with Crippen LogP contribution < -0.4 is 5.32 Å². The third-order valence-corrected chi connectivity index (χ3v) is 3.83. The maximum absolute atomic E-state index is 13.3. The van der Waals surface area contributed by atoms with Crippen molar-refractivity contribution in [2.75, 3.05) is 19.8 Å². The molecule has 0 unspecified atom stereocenters. The van der Waals surface area contributed by atoms with Gasteiger partial charge in [0.2, 0.25) is 0 Å². The zero-order valence-electron chi connectivity index (χ0n) is 10.3. The maximum Gasteiger partial charge on any atom is 0.251 e. The molecule has 0 aromatic heterocycles. The molecule has 2 N–H and O–H groups in total. The summed E-state index contributed by atoms with van der Waals surface area (Å²) in [6.45, 7) is 1.12. The molecule has 6 heteroatoms. The van der Waals surface area contributed by atoms with Crippen LogP contribution in [0.15, 0.2) is 22.7 Å². The number of rotatable bonds is 3. The normalized spacial score (nSPS) is 18.1. The lowest BCUT2D eigenvalue weighted by molar-refractivity contribution is -0.0605. The molecule has 2 rings (SSSR count). The Morgan fingerprint density at radius 2 is 2.16 bits per heavy atom. The minimum absolute atomic E-state index is 0.146. The molecule has 0 saturated carbocycles. The van der Waals surface area contributed by atoms with Crippen molar-refractivity contribution in [1.29, 1.82) is 0 Å². The van der Waals surface area contributed by atoms with E-state index in [2.05, 4.69) is 21.2 Å². The molecule has 1 amide bonds. The first-order valence-corrected chi connectivity index (χ1v) is 6.83. The molecule has 1 fully saturated rings. The average molecular weight is 332 g/mol. The third kappa shape index (κ3) is 3.75. The van der Waals surface area contributed by atoms with E-state index in [1.165, 1.54) is 12.1 Å². The van der Waals surface area contributed by atoms with Crippen LogP contribution in [0.2, 0.25) is 0 Å². The standard InChI is InChI=1S/C13H15BrFNO3/c14-10-2-1-9(7-11(10)15)12(17)16-8-13(18)3-5-19-6-4-13/h1-2,7,18H,3-6,8H2,(H,16,17). The van der Waals surface area contributed by atoms with Crippen LogP contribution >= 0.6 is 15.9 Å². The maximum atomic E-state index is 13.3. The molecular weight excluding hydrogens is 317 g/mol. The number of carbonyl (C=O) groups is 1. The van der Waals surface area contributed by atoms with Gasteiger partial charge in [0.1, 0.15) is 5.82 Å². The molecule has 0 radical (unpaired) electrons. The van der Waals surface area contributed by atoms with Gasteiger partial charge >= 0.3 is 0 Å². The van der Waals surface area contributed by atoms with Crippen LogP contribution in [0.1, 0.15) is 23.2 Å². The number of amides is 1. The summed E-state index contributed by atoms with van der Waals surface area (Å²) in [6.07, 6.45) is 0.976. The predicted molar refractivity (Wildman–Crippen MR) is 71.4 cm³/mol. The summed E-state index contributed by atoms with van der Waals surface area (Å²) in [5, 5.41) is 12.8. The van der Waals surface area contributed by atoms with E-state index < -0.39 is 17.3 Å². The number of hydrogen-bond acceptors (Lipinski definition) is 3. The lowest BCUT2D eigenvalue weighted by Crippen LogP contribution is -2.46. The Hall–Kier alpha value is -0.980. The predicted octanol–water partition coefficient (Wildman–Crippen LogP) is 1.86. The molecule has 1 aliphatic heterocycles. The Morgan fingerprint density at radius 1 is 1.47 bits per heavy atom. The fourth-order valence-corrected chi connectivity index (χ4v) is 2.16. The number of aliphatic hydroxyl groups is 1. The molecule has 104 valence electrons. The largest absolute Gasteiger partial charge is 0.388 e. The molecule has 1 aromatic rings. The van der Waals surface area contributed by atoms with E-state index in [0.717, 1.165) is 6.07 Å². The second-order valence-corrected chi connectivity index (χ2v) is 5.50. The summed E-state index contributed by atoms with van der Waals surface area (Å²) in [7, 11) is 0. The summed E-state index contributed by atoms with van der Waals surface area (Å²) in [5.74, 6) is -0.885. The van der Waals surface area contributed by atoms with Gasteiger partial charge in [0.25, 0.3) is 5.91 Å². The smallest absolute Gasteiger partial charge is 0.251 e. The highest BCUT2D eigenvalue weighted by Crippen LogP contribution is 2.20. The third-order valence-electron chi connectivity index (χ3n) is 3.18.